The highest BCUT2D eigenvalue weighted by Crippen LogP contribution is 2.29. The van der Waals surface area contributed by atoms with Crippen LogP contribution in [0, 0.1) is 6.92 Å². The van der Waals surface area contributed by atoms with Crippen molar-refractivity contribution >= 4 is 17.4 Å². The lowest BCUT2D eigenvalue weighted by Crippen LogP contribution is -2.32. The first-order valence-corrected chi connectivity index (χ1v) is 7.48. The number of aryl methyl sites for hydroxylation is 1. The summed E-state index contributed by atoms with van der Waals surface area (Å²) in [5.74, 6) is 2.56. The Bertz CT molecular complexity index is 372. The molecule has 1 heterocycles. The minimum atomic E-state index is 0.694. The highest BCUT2D eigenvalue weighted by Gasteiger charge is 2.21. The number of rotatable bonds is 4. The molecule has 1 aliphatic rings. The molecule has 3 heteroatoms. The van der Waals surface area contributed by atoms with Crippen LogP contribution in [0.2, 0.25) is 0 Å². The maximum absolute atomic E-state index is 5.71. The molecular weight excluding hydrogens is 228 g/mol. The van der Waals surface area contributed by atoms with Gasteiger partial charge in [0, 0.05) is 24.5 Å². The molecule has 1 aliphatic heterocycles. The van der Waals surface area contributed by atoms with Crippen molar-refractivity contribution in [2.24, 2.45) is 5.73 Å². The monoisotopic (exact) mass is 250 g/mol. The topological polar surface area (TPSA) is 29.3 Å². The van der Waals surface area contributed by atoms with Gasteiger partial charge >= 0.3 is 0 Å². The Morgan fingerprint density at radius 3 is 2.94 bits per heavy atom. The van der Waals surface area contributed by atoms with E-state index < -0.39 is 0 Å². The van der Waals surface area contributed by atoms with Gasteiger partial charge < -0.3 is 10.6 Å². The predicted octanol–water partition coefficient (Wildman–Crippen LogP) is 2.44. The molecule has 0 spiro atoms. The van der Waals surface area contributed by atoms with E-state index >= 15 is 0 Å². The second-order valence-corrected chi connectivity index (χ2v) is 5.95. The SMILES string of the molecule is Cc1ccc(N(C)C2CCSC2)c(CCN)c1. The summed E-state index contributed by atoms with van der Waals surface area (Å²) in [4.78, 5) is 2.45. The van der Waals surface area contributed by atoms with E-state index in [-0.39, 0.29) is 0 Å². The Kier molecular flexibility index (Phi) is 4.35. The maximum Gasteiger partial charge on any atom is 0.0399 e. The smallest absolute Gasteiger partial charge is 0.0399 e. The van der Waals surface area contributed by atoms with Crippen LogP contribution >= 0.6 is 11.8 Å². The zero-order chi connectivity index (χ0) is 12.3. The van der Waals surface area contributed by atoms with E-state index in [9.17, 15) is 0 Å². The summed E-state index contributed by atoms with van der Waals surface area (Å²) in [5, 5.41) is 0. The van der Waals surface area contributed by atoms with Crippen LogP contribution < -0.4 is 10.6 Å². The summed E-state index contributed by atoms with van der Waals surface area (Å²) in [6, 6.07) is 7.43. The van der Waals surface area contributed by atoms with E-state index in [0.717, 1.165) is 13.0 Å². The summed E-state index contributed by atoms with van der Waals surface area (Å²) >= 11 is 2.06. The number of hydrogen-bond acceptors (Lipinski definition) is 3. The largest absolute Gasteiger partial charge is 0.371 e. The van der Waals surface area contributed by atoms with Gasteiger partial charge in [-0.2, -0.15) is 11.8 Å². The van der Waals surface area contributed by atoms with Crippen molar-refractivity contribution in [1.82, 2.24) is 0 Å². The predicted molar refractivity (Wildman–Crippen MR) is 78.1 cm³/mol. The average molecular weight is 250 g/mol. The van der Waals surface area contributed by atoms with E-state index in [1.165, 1.54) is 34.7 Å². The molecule has 2 N–H and O–H groups in total. The van der Waals surface area contributed by atoms with Gasteiger partial charge in [-0.25, -0.2) is 0 Å². The standard InChI is InChI=1S/C14H22N2S/c1-11-3-4-14(12(9-11)5-7-15)16(2)13-6-8-17-10-13/h3-4,9,13H,5-8,10,15H2,1-2H3. The van der Waals surface area contributed by atoms with E-state index in [4.69, 9.17) is 5.73 Å². The second kappa shape index (κ2) is 5.78. The van der Waals surface area contributed by atoms with Crippen LogP contribution in [0.25, 0.3) is 0 Å². The quantitative estimate of drug-likeness (QED) is 0.890. The van der Waals surface area contributed by atoms with Crippen molar-refractivity contribution in [1.29, 1.82) is 0 Å². The van der Waals surface area contributed by atoms with Crippen LogP contribution in [-0.2, 0) is 6.42 Å². The third-order valence-corrected chi connectivity index (χ3v) is 4.63. The highest BCUT2D eigenvalue weighted by molar-refractivity contribution is 7.99. The lowest BCUT2D eigenvalue weighted by atomic mass is 10.0. The minimum Gasteiger partial charge on any atom is -0.371 e. The van der Waals surface area contributed by atoms with E-state index in [2.05, 4.69) is 48.8 Å². The molecule has 2 rings (SSSR count). The molecule has 0 radical (unpaired) electrons. The zero-order valence-corrected chi connectivity index (χ0v) is 11.6. The molecule has 1 unspecified atom stereocenters. The first kappa shape index (κ1) is 12.8. The number of anilines is 1. The van der Waals surface area contributed by atoms with Gasteiger partial charge in [-0.05, 0) is 43.7 Å². The summed E-state index contributed by atoms with van der Waals surface area (Å²) in [6.45, 7) is 2.87. The van der Waals surface area contributed by atoms with Gasteiger partial charge in [0.25, 0.3) is 0 Å². The average Bonchev–Trinajstić information content (AvgIpc) is 2.82. The van der Waals surface area contributed by atoms with Gasteiger partial charge in [0.1, 0.15) is 0 Å². The summed E-state index contributed by atoms with van der Waals surface area (Å²) in [7, 11) is 2.22. The Hall–Kier alpha value is -0.670. The van der Waals surface area contributed by atoms with Gasteiger partial charge in [-0.15, -0.1) is 0 Å². The Morgan fingerprint density at radius 2 is 2.29 bits per heavy atom. The van der Waals surface area contributed by atoms with Crippen molar-refractivity contribution in [3.05, 3.63) is 29.3 Å². The molecule has 1 fully saturated rings. The molecule has 94 valence electrons. The molecule has 0 aliphatic carbocycles. The molecule has 0 aromatic heterocycles. The van der Waals surface area contributed by atoms with Crippen LogP contribution in [0.3, 0.4) is 0 Å². The van der Waals surface area contributed by atoms with Gasteiger partial charge in [-0.3, -0.25) is 0 Å². The van der Waals surface area contributed by atoms with Crippen molar-refractivity contribution < 1.29 is 0 Å². The Morgan fingerprint density at radius 1 is 1.47 bits per heavy atom. The fraction of sp³-hybridized carbons (Fsp3) is 0.571. The van der Waals surface area contributed by atoms with Gasteiger partial charge in [0.15, 0.2) is 0 Å². The highest BCUT2D eigenvalue weighted by atomic mass is 32.2. The molecule has 0 bridgehead atoms. The molecular formula is C14H22N2S. The maximum atomic E-state index is 5.71. The molecule has 17 heavy (non-hydrogen) atoms. The minimum absolute atomic E-state index is 0.694. The van der Waals surface area contributed by atoms with Crippen molar-refractivity contribution in [3.63, 3.8) is 0 Å². The van der Waals surface area contributed by atoms with Crippen LogP contribution in [-0.4, -0.2) is 31.1 Å². The fourth-order valence-corrected chi connectivity index (χ4v) is 3.71. The van der Waals surface area contributed by atoms with Crippen LogP contribution in [0.1, 0.15) is 17.5 Å². The zero-order valence-electron chi connectivity index (χ0n) is 10.8. The lowest BCUT2D eigenvalue weighted by molar-refractivity contribution is 0.696. The Labute approximate surface area is 109 Å². The molecule has 0 amide bonds. The van der Waals surface area contributed by atoms with Crippen molar-refractivity contribution in [3.8, 4) is 0 Å². The van der Waals surface area contributed by atoms with E-state index in [1.54, 1.807) is 0 Å². The first-order valence-electron chi connectivity index (χ1n) is 6.32. The normalized spacial score (nSPS) is 19.6. The number of nitrogens with zero attached hydrogens (tertiary/aromatic N) is 1. The van der Waals surface area contributed by atoms with Gasteiger partial charge in [0.2, 0.25) is 0 Å². The molecule has 1 atom stereocenters. The Balaban J connectivity index is 2.23. The number of hydrogen-bond donors (Lipinski definition) is 1. The number of benzene rings is 1. The van der Waals surface area contributed by atoms with Crippen LogP contribution in [0.4, 0.5) is 5.69 Å². The van der Waals surface area contributed by atoms with E-state index in [0.29, 0.717) is 6.04 Å². The number of nitrogens with two attached hydrogens (primary N) is 1. The summed E-state index contributed by atoms with van der Waals surface area (Å²) in [6.07, 6.45) is 2.28. The second-order valence-electron chi connectivity index (χ2n) is 4.80. The number of thioether (sulfide) groups is 1. The van der Waals surface area contributed by atoms with E-state index in [1.807, 2.05) is 0 Å². The van der Waals surface area contributed by atoms with Crippen LogP contribution in [0.15, 0.2) is 18.2 Å². The van der Waals surface area contributed by atoms with Crippen molar-refractivity contribution in [2.75, 3.05) is 30.0 Å². The molecule has 1 saturated heterocycles. The fourth-order valence-electron chi connectivity index (χ4n) is 2.44. The molecule has 1 aromatic rings. The summed E-state index contributed by atoms with van der Waals surface area (Å²) in [5.41, 5.74) is 9.80. The molecule has 0 saturated carbocycles. The van der Waals surface area contributed by atoms with Crippen LogP contribution in [0.5, 0.6) is 0 Å². The first-order chi connectivity index (χ1) is 8.22. The van der Waals surface area contributed by atoms with Gasteiger partial charge in [0.05, 0.1) is 0 Å². The summed E-state index contributed by atoms with van der Waals surface area (Å²) < 4.78 is 0. The molecule has 2 nitrogen and oxygen atoms in total. The molecule has 1 aromatic carbocycles. The lowest BCUT2D eigenvalue weighted by Gasteiger charge is -2.28. The third-order valence-electron chi connectivity index (χ3n) is 3.48. The van der Waals surface area contributed by atoms with Gasteiger partial charge in [-0.1, -0.05) is 17.7 Å². The third kappa shape index (κ3) is 2.96. The van der Waals surface area contributed by atoms with Crippen molar-refractivity contribution in [2.45, 2.75) is 25.8 Å².